The lowest BCUT2D eigenvalue weighted by atomic mass is 10.2. The maximum Gasteiger partial charge on any atom is 0.417 e. The van der Waals surface area contributed by atoms with E-state index in [1.165, 1.54) is 11.3 Å². The highest BCUT2D eigenvalue weighted by Gasteiger charge is 2.32. The summed E-state index contributed by atoms with van der Waals surface area (Å²) in [6.45, 7) is 1.58. The molecule has 0 bridgehead atoms. The van der Waals surface area contributed by atoms with Crippen LogP contribution in [0.15, 0.2) is 22.4 Å². The van der Waals surface area contributed by atoms with Crippen LogP contribution in [0, 0.1) is 6.92 Å². The Labute approximate surface area is 144 Å². The summed E-state index contributed by atoms with van der Waals surface area (Å²) in [7, 11) is 0. The van der Waals surface area contributed by atoms with E-state index < -0.39 is 34.8 Å². The van der Waals surface area contributed by atoms with E-state index in [-0.39, 0.29) is 6.54 Å². The SMILES string of the molecule is Cc1nc(CCNC(=O)Cn2cc(C(F)(F)F)cc(Cl)c2=O)cs1. The largest absolute Gasteiger partial charge is 0.417 e. The first-order valence-electron chi connectivity index (χ1n) is 6.81. The molecule has 1 N–H and O–H groups in total. The average molecular weight is 380 g/mol. The second kappa shape index (κ2) is 7.35. The Kier molecular flexibility index (Phi) is 5.66. The fraction of sp³-hybridized carbons (Fsp3) is 0.357. The minimum absolute atomic E-state index is 0.267. The van der Waals surface area contributed by atoms with Crippen molar-refractivity contribution in [2.75, 3.05) is 6.54 Å². The lowest BCUT2D eigenvalue weighted by Gasteiger charge is -2.12. The second-order valence-corrected chi connectivity index (χ2v) is 6.43. The van der Waals surface area contributed by atoms with Gasteiger partial charge in [0.1, 0.15) is 11.6 Å². The van der Waals surface area contributed by atoms with Gasteiger partial charge in [-0.2, -0.15) is 13.2 Å². The van der Waals surface area contributed by atoms with Gasteiger partial charge in [-0.1, -0.05) is 11.6 Å². The van der Waals surface area contributed by atoms with Gasteiger partial charge in [-0.15, -0.1) is 11.3 Å². The molecule has 0 aliphatic heterocycles. The van der Waals surface area contributed by atoms with Gasteiger partial charge < -0.3 is 9.88 Å². The monoisotopic (exact) mass is 379 g/mol. The van der Waals surface area contributed by atoms with Gasteiger partial charge in [-0.3, -0.25) is 9.59 Å². The van der Waals surface area contributed by atoms with Crippen LogP contribution in [0.4, 0.5) is 13.2 Å². The van der Waals surface area contributed by atoms with Crippen LogP contribution < -0.4 is 10.9 Å². The molecule has 1 amide bonds. The number of nitrogens with one attached hydrogen (secondary N) is 1. The number of carbonyl (C=O) groups is 1. The zero-order chi connectivity index (χ0) is 17.9. The number of aromatic nitrogens is 2. The van der Waals surface area contributed by atoms with Gasteiger partial charge in [0.05, 0.1) is 16.3 Å². The lowest BCUT2D eigenvalue weighted by molar-refractivity contribution is -0.138. The van der Waals surface area contributed by atoms with Crippen molar-refractivity contribution in [2.45, 2.75) is 26.1 Å². The van der Waals surface area contributed by atoms with Gasteiger partial charge in [-0.05, 0) is 13.0 Å². The van der Waals surface area contributed by atoms with E-state index in [2.05, 4.69) is 10.3 Å². The van der Waals surface area contributed by atoms with Crippen LogP contribution in [0.25, 0.3) is 0 Å². The van der Waals surface area contributed by atoms with Gasteiger partial charge in [0.25, 0.3) is 5.56 Å². The summed E-state index contributed by atoms with van der Waals surface area (Å²) in [6, 6.07) is 0.545. The van der Waals surface area contributed by atoms with Gasteiger partial charge >= 0.3 is 6.18 Å². The van der Waals surface area contributed by atoms with Crippen LogP contribution in [-0.2, 0) is 23.9 Å². The summed E-state index contributed by atoms with van der Waals surface area (Å²) in [5.74, 6) is -0.584. The number of hydrogen-bond acceptors (Lipinski definition) is 4. The number of halogens is 4. The van der Waals surface area contributed by atoms with Crippen molar-refractivity contribution in [3.8, 4) is 0 Å². The van der Waals surface area contributed by atoms with Crippen molar-refractivity contribution in [3.05, 3.63) is 49.3 Å². The number of alkyl halides is 3. The standard InChI is InChI=1S/C14H13ClF3N3O2S/c1-8-20-10(7-24-8)2-3-19-12(22)6-21-5-9(14(16,17)18)4-11(15)13(21)23/h4-5,7H,2-3,6H2,1H3,(H,19,22). The van der Waals surface area contributed by atoms with E-state index in [9.17, 15) is 22.8 Å². The number of nitrogens with zero attached hydrogens (tertiary/aromatic N) is 2. The Morgan fingerprint density at radius 3 is 2.75 bits per heavy atom. The number of aryl methyl sites for hydroxylation is 1. The maximum absolute atomic E-state index is 12.7. The van der Waals surface area contributed by atoms with Crippen molar-refractivity contribution in [2.24, 2.45) is 0 Å². The van der Waals surface area contributed by atoms with E-state index in [0.29, 0.717) is 23.3 Å². The molecule has 10 heteroatoms. The molecule has 2 aromatic rings. The minimum Gasteiger partial charge on any atom is -0.354 e. The average Bonchev–Trinajstić information content (AvgIpc) is 2.88. The molecule has 2 heterocycles. The lowest BCUT2D eigenvalue weighted by Crippen LogP contribution is -2.34. The Bertz CT molecular complexity index is 801. The van der Waals surface area contributed by atoms with Gasteiger partial charge in [0.2, 0.25) is 5.91 Å². The number of rotatable bonds is 5. The number of carbonyl (C=O) groups excluding carboxylic acids is 1. The number of pyridine rings is 1. The van der Waals surface area contributed by atoms with Crippen molar-refractivity contribution in [1.29, 1.82) is 0 Å². The molecular formula is C14H13ClF3N3O2S. The van der Waals surface area contributed by atoms with Crippen LogP contribution in [0.2, 0.25) is 5.02 Å². The minimum atomic E-state index is -4.65. The molecule has 0 aromatic carbocycles. The normalized spacial score (nSPS) is 11.5. The number of thiazole rings is 1. The van der Waals surface area contributed by atoms with Crippen LogP contribution in [-0.4, -0.2) is 22.0 Å². The predicted molar refractivity (Wildman–Crippen MR) is 84.3 cm³/mol. The first-order chi connectivity index (χ1) is 11.2. The fourth-order valence-electron chi connectivity index (χ4n) is 1.94. The Morgan fingerprint density at radius 1 is 1.46 bits per heavy atom. The molecule has 24 heavy (non-hydrogen) atoms. The molecule has 0 aliphatic carbocycles. The second-order valence-electron chi connectivity index (χ2n) is 4.97. The van der Waals surface area contributed by atoms with Crippen molar-refractivity contribution >= 4 is 28.8 Å². The van der Waals surface area contributed by atoms with Gasteiger partial charge in [0.15, 0.2) is 0 Å². The van der Waals surface area contributed by atoms with Crippen LogP contribution in [0.1, 0.15) is 16.3 Å². The highest BCUT2D eigenvalue weighted by atomic mass is 35.5. The van der Waals surface area contributed by atoms with Crippen molar-refractivity contribution < 1.29 is 18.0 Å². The molecule has 0 saturated carbocycles. The third-order valence-electron chi connectivity index (χ3n) is 3.05. The van der Waals surface area contributed by atoms with E-state index in [0.717, 1.165) is 10.7 Å². The molecule has 130 valence electrons. The van der Waals surface area contributed by atoms with Crippen LogP contribution >= 0.6 is 22.9 Å². The Balaban J connectivity index is 2.00. The number of amides is 1. The van der Waals surface area contributed by atoms with E-state index in [1.807, 2.05) is 12.3 Å². The fourth-order valence-corrected chi connectivity index (χ4v) is 2.81. The number of hydrogen-bond donors (Lipinski definition) is 1. The zero-order valence-corrected chi connectivity index (χ0v) is 14.1. The van der Waals surface area contributed by atoms with Crippen molar-refractivity contribution in [1.82, 2.24) is 14.9 Å². The molecule has 2 aromatic heterocycles. The molecular weight excluding hydrogens is 367 g/mol. The van der Waals surface area contributed by atoms with E-state index >= 15 is 0 Å². The summed E-state index contributed by atoms with van der Waals surface area (Å²) in [6.07, 6.45) is -3.58. The summed E-state index contributed by atoms with van der Waals surface area (Å²) in [5, 5.41) is 4.71. The Morgan fingerprint density at radius 2 is 2.17 bits per heavy atom. The first kappa shape index (κ1) is 18.5. The first-order valence-corrected chi connectivity index (χ1v) is 8.07. The predicted octanol–water partition coefficient (Wildman–Crippen LogP) is 2.64. The Hall–Kier alpha value is -1.87. The third kappa shape index (κ3) is 4.81. The molecule has 0 spiro atoms. The molecule has 2 rings (SSSR count). The molecule has 5 nitrogen and oxygen atoms in total. The van der Waals surface area contributed by atoms with Gasteiger partial charge in [-0.25, -0.2) is 4.98 Å². The zero-order valence-electron chi connectivity index (χ0n) is 12.5. The van der Waals surface area contributed by atoms with E-state index in [4.69, 9.17) is 11.6 Å². The summed E-state index contributed by atoms with van der Waals surface area (Å²) >= 11 is 7.01. The molecule has 0 unspecified atom stereocenters. The van der Waals surface area contributed by atoms with Gasteiger partial charge in [0, 0.05) is 24.5 Å². The summed E-state index contributed by atoms with van der Waals surface area (Å²) < 4.78 is 38.8. The smallest absolute Gasteiger partial charge is 0.354 e. The van der Waals surface area contributed by atoms with Crippen LogP contribution in [0.5, 0.6) is 0 Å². The van der Waals surface area contributed by atoms with Crippen molar-refractivity contribution in [3.63, 3.8) is 0 Å². The molecule has 0 atom stereocenters. The van der Waals surface area contributed by atoms with Crippen LogP contribution in [0.3, 0.4) is 0 Å². The molecule has 0 radical (unpaired) electrons. The highest BCUT2D eigenvalue weighted by Crippen LogP contribution is 2.29. The third-order valence-corrected chi connectivity index (χ3v) is 4.15. The molecule has 0 saturated heterocycles. The maximum atomic E-state index is 12.7. The molecule has 0 aliphatic rings. The summed E-state index contributed by atoms with van der Waals surface area (Å²) in [5.41, 5.74) is -1.12. The topological polar surface area (TPSA) is 64.0 Å². The molecule has 0 fully saturated rings. The van der Waals surface area contributed by atoms with E-state index in [1.54, 1.807) is 0 Å². The highest BCUT2D eigenvalue weighted by molar-refractivity contribution is 7.09. The summed E-state index contributed by atoms with van der Waals surface area (Å²) in [4.78, 5) is 27.8. The quantitative estimate of drug-likeness (QED) is 0.868.